The molecule has 0 fully saturated rings. The van der Waals surface area contributed by atoms with Crippen LogP contribution in [0.15, 0.2) is 24.5 Å². The molecule has 0 saturated heterocycles. The summed E-state index contributed by atoms with van der Waals surface area (Å²) in [6.45, 7) is 4.91. The quantitative estimate of drug-likeness (QED) is 0.590. The highest BCUT2D eigenvalue weighted by molar-refractivity contribution is 5.89. The van der Waals surface area contributed by atoms with E-state index in [0.29, 0.717) is 5.56 Å². The number of carbonyl (C=O) groups excluding carboxylic acids is 2. The third kappa shape index (κ3) is 4.22. The van der Waals surface area contributed by atoms with Crippen molar-refractivity contribution in [3.8, 4) is 0 Å². The lowest BCUT2D eigenvalue weighted by atomic mass is 10.2. The fourth-order valence-electron chi connectivity index (χ4n) is 1.03. The minimum absolute atomic E-state index is 0.255. The van der Waals surface area contributed by atoms with Crippen molar-refractivity contribution in [2.45, 2.75) is 27.1 Å². The first-order valence-electron chi connectivity index (χ1n) is 5.32. The molecular formula is C12H15NO4. The van der Waals surface area contributed by atoms with Crippen molar-refractivity contribution in [1.82, 2.24) is 4.98 Å². The first-order chi connectivity index (χ1) is 8.00. The van der Waals surface area contributed by atoms with Gasteiger partial charge in [0.15, 0.2) is 0 Å². The van der Waals surface area contributed by atoms with Crippen LogP contribution < -0.4 is 0 Å². The zero-order valence-electron chi connectivity index (χ0n) is 10.0. The van der Waals surface area contributed by atoms with Gasteiger partial charge in [0.05, 0.1) is 11.5 Å². The average Bonchev–Trinajstić information content (AvgIpc) is 2.29. The standard InChI is InChI=1S/C12H15NO4/c1-8(2)11(14)16-9(3)17-12(15)10-5-4-6-13-7-10/h4-9H,1-3H3. The van der Waals surface area contributed by atoms with Crippen LogP contribution in [0.2, 0.25) is 0 Å². The number of nitrogens with zero attached hydrogens (tertiary/aromatic N) is 1. The van der Waals surface area contributed by atoms with Gasteiger partial charge in [-0.3, -0.25) is 9.78 Å². The molecular weight excluding hydrogens is 222 g/mol. The first-order valence-corrected chi connectivity index (χ1v) is 5.32. The maximum Gasteiger partial charge on any atom is 0.342 e. The molecule has 1 aromatic rings. The van der Waals surface area contributed by atoms with Gasteiger partial charge in [-0.05, 0) is 12.1 Å². The predicted molar refractivity (Wildman–Crippen MR) is 60.0 cm³/mol. The zero-order chi connectivity index (χ0) is 12.8. The molecule has 0 saturated carbocycles. The summed E-state index contributed by atoms with van der Waals surface area (Å²) in [6, 6.07) is 3.20. The van der Waals surface area contributed by atoms with Crippen LogP contribution in [-0.4, -0.2) is 23.2 Å². The van der Waals surface area contributed by atoms with Crippen molar-refractivity contribution in [3.05, 3.63) is 30.1 Å². The van der Waals surface area contributed by atoms with Crippen molar-refractivity contribution in [2.75, 3.05) is 0 Å². The molecule has 1 aromatic heterocycles. The van der Waals surface area contributed by atoms with Crippen LogP contribution in [0.5, 0.6) is 0 Å². The maximum absolute atomic E-state index is 11.6. The summed E-state index contributed by atoms with van der Waals surface area (Å²) in [7, 11) is 0. The fourth-order valence-corrected chi connectivity index (χ4v) is 1.03. The summed E-state index contributed by atoms with van der Waals surface area (Å²) in [5.74, 6) is -1.23. The molecule has 0 amide bonds. The van der Waals surface area contributed by atoms with Crippen molar-refractivity contribution >= 4 is 11.9 Å². The highest BCUT2D eigenvalue weighted by atomic mass is 16.7. The minimum Gasteiger partial charge on any atom is -0.425 e. The van der Waals surface area contributed by atoms with Crippen molar-refractivity contribution in [3.63, 3.8) is 0 Å². The van der Waals surface area contributed by atoms with Crippen molar-refractivity contribution in [1.29, 1.82) is 0 Å². The van der Waals surface area contributed by atoms with Gasteiger partial charge < -0.3 is 9.47 Å². The lowest BCUT2D eigenvalue weighted by Crippen LogP contribution is -2.24. The molecule has 17 heavy (non-hydrogen) atoms. The van der Waals surface area contributed by atoms with Crippen LogP contribution in [0.3, 0.4) is 0 Å². The lowest BCUT2D eigenvalue weighted by molar-refractivity contribution is -0.169. The van der Waals surface area contributed by atoms with Crippen molar-refractivity contribution in [2.24, 2.45) is 5.92 Å². The molecule has 5 nitrogen and oxygen atoms in total. The van der Waals surface area contributed by atoms with Gasteiger partial charge in [0.2, 0.25) is 6.29 Å². The number of hydrogen-bond acceptors (Lipinski definition) is 5. The molecule has 0 spiro atoms. The van der Waals surface area contributed by atoms with Crippen LogP contribution in [-0.2, 0) is 14.3 Å². The molecule has 0 N–H and O–H groups in total. The van der Waals surface area contributed by atoms with Crippen LogP contribution in [0.4, 0.5) is 0 Å². The van der Waals surface area contributed by atoms with Gasteiger partial charge in [0.1, 0.15) is 0 Å². The fraction of sp³-hybridized carbons (Fsp3) is 0.417. The van der Waals surface area contributed by atoms with E-state index in [4.69, 9.17) is 9.47 Å². The van der Waals surface area contributed by atoms with E-state index >= 15 is 0 Å². The first kappa shape index (κ1) is 13.2. The summed E-state index contributed by atoms with van der Waals surface area (Å²) in [6.07, 6.45) is 2.04. The largest absolute Gasteiger partial charge is 0.425 e. The van der Waals surface area contributed by atoms with E-state index in [1.165, 1.54) is 13.1 Å². The molecule has 5 heteroatoms. The van der Waals surface area contributed by atoms with Crippen LogP contribution >= 0.6 is 0 Å². The second-order valence-electron chi connectivity index (χ2n) is 3.81. The Hall–Kier alpha value is -1.91. The topological polar surface area (TPSA) is 65.5 Å². The SMILES string of the molecule is CC(OC(=O)c1cccnc1)OC(=O)C(C)C. The van der Waals surface area contributed by atoms with E-state index in [0.717, 1.165) is 0 Å². The average molecular weight is 237 g/mol. The third-order valence-electron chi connectivity index (χ3n) is 1.92. The van der Waals surface area contributed by atoms with Crippen LogP contribution in [0.1, 0.15) is 31.1 Å². The number of carbonyl (C=O) groups is 2. The van der Waals surface area contributed by atoms with E-state index in [2.05, 4.69) is 4.98 Å². The highest BCUT2D eigenvalue weighted by Crippen LogP contribution is 2.06. The molecule has 1 heterocycles. The molecule has 92 valence electrons. The molecule has 0 aliphatic heterocycles. The van der Waals surface area contributed by atoms with E-state index < -0.39 is 18.2 Å². The molecule has 0 aliphatic carbocycles. The summed E-state index contributed by atoms with van der Waals surface area (Å²) in [4.78, 5) is 26.6. The molecule has 1 rings (SSSR count). The Balaban J connectivity index is 2.50. The zero-order valence-corrected chi connectivity index (χ0v) is 10.0. The smallest absolute Gasteiger partial charge is 0.342 e. The second kappa shape index (κ2) is 5.98. The molecule has 0 radical (unpaired) electrons. The van der Waals surface area contributed by atoms with Gasteiger partial charge >= 0.3 is 11.9 Å². The minimum atomic E-state index is -0.905. The summed E-state index contributed by atoms with van der Waals surface area (Å²) in [5, 5.41) is 0. The Morgan fingerprint density at radius 1 is 1.24 bits per heavy atom. The van der Waals surface area contributed by atoms with E-state index in [-0.39, 0.29) is 5.92 Å². The maximum atomic E-state index is 11.6. The van der Waals surface area contributed by atoms with Gasteiger partial charge in [0.25, 0.3) is 0 Å². The van der Waals surface area contributed by atoms with Gasteiger partial charge in [-0.1, -0.05) is 13.8 Å². The van der Waals surface area contributed by atoms with Gasteiger partial charge in [-0.15, -0.1) is 0 Å². The Morgan fingerprint density at radius 3 is 2.47 bits per heavy atom. The summed E-state index contributed by atoms with van der Waals surface area (Å²) in [5.41, 5.74) is 0.319. The number of aromatic nitrogens is 1. The Bertz CT molecular complexity index is 389. The molecule has 1 atom stereocenters. The van der Waals surface area contributed by atoms with E-state index in [9.17, 15) is 9.59 Å². The number of rotatable bonds is 4. The Labute approximate surface area is 99.8 Å². The normalized spacial score (nSPS) is 12.0. The molecule has 0 aromatic carbocycles. The summed E-state index contributed by atoms with van der Waals surface area (Å²) < 4.78 is 9.84. The number of hydrogen-bond donors (Lipinski definition) is 0. The number of pyridine rings is 1. The monoisotopic (exact) mass is 237 g/mol. The van der Waals surface area contributed by atoms with Gasteiger partial charge in [-0.2, -0.15) is 0 Å². The number of esters is 2. The Morgan fingerprint density at radius 2 is 1.94 bits per heavy atom. The van der Waals surface area contributed by atoms with E-state index in [1.54, 1.807) is 32.2 Å². The molecule has 1 unspecified atom stereocenters. The second-order valence-corrected chi connectivity index (χ2v) is 3.81. The Kier molecular flexibility index (Phi) is 4.63. The summed E-state index contributed by atoms with van der Waals surface area (Å²) >= 11 is 0. The molecule has 0 bridgehead atoms. The van der Waals surface area contributed by atoms with Gasteiger partial charge in [0, 0.05) is 19.3 Å². The number of ether oxygens (including phenoxy) is 2. The highest BCUT2D eigenvalue weighted by Gasteiger charge is 2.17. The van der Waals surface area contributed by atoms with Gasteiger partial charge in [-0.25, -0.2) is 4.79 Å². The third-order valence-corrected chi connectivity index (χ3v) is 1.92. The van der Waals surface area contributed by atoms with E-state index in [1.807, 2.05) is 0 Å². The lowest BCUT2D eigenvalue weighted by Gasteiger charge is -2.15. The van der Waals surface area contributed by atoms with Crippen LogP contribution in [0, 0.1) is 5.92 Å². The molecule has 0 aliphatic rings. The van der Waals surface area contributed by atoms with Crippen LogP contribution in [0.25, 0.3) is 0 Å². The predicted octanol–water partition coefficient (Wildman–Crippen LogP) is 1.78. The van der Waals surface area contributed by atoms with Crippen molar-refractivity contribution < 1.29 is 19.1 Å².